The molecule has 0 aliphatic rings. The van der Waals surface area contributed by atoms with Crippen molar-refractivity contribution in [1.82, 2.24) is 0 Å². The fourth-order valence-corrected chi connectivity index (χ4v) is 5.32. The Hall–Kier alpha value is -2.99. The van der Waals surface area contributed by atoms with E-state index in [1.807, 2.05) is 35.8 Å². The Kier molecular flexibility index (Phi) is 13.8. The molecule has 0 bridgehead atoms. The van der Waals surface area contributed by atoms with Crippen LogP contribution in [0.2, 0.25) is 0 Å². The normalized spacial score (nSPS) is 10.9. The number of anilines is 1. The summed E-state index contributed by atoms with van der Waals surface area (Å²) >= 11 is 1.66. The molecule has 1 aromatic heterocycles. The second-order valence-corrected chi connectivity index (χ2v) is 11.1. The zero-order valence-corrected chi connectivity index (χ0v) is 24.6. The smallest absolute Gasteiger partial charge is 0.259 e. The molecule has 0 radical (unpaired) electrons. The summed E-state index contributed by atoms with van der Waals surface area (Å²) in [6.45, 7) is 5.06. The first-order valence-corrected chi connectivity index (χ1v) is 15.6. The number of hydrogen-bond donors (Lipinski definition) is 1. The van der Waals surface area contributed by atoms with Gasteiger partial charge >= 0.3 is 0 Å². The molecule has 210 valence electrons. The summed E-state index contributed by atoms with van der Waals surface area (Å²) < 4.78 is 8.19. The minimum atomic E-state index is -0.275. The van der Waals surface area contributed by atoms with Gasteiger partial charge in [0.1, 0.15) is 5.75 Å². The average Bonchev–Trinajstić information content (AvgIpc) is 3.45. The Morgan fingerprint density at radius 3 is 2.03 bits per heavy atom. The first-order valence-electron chi connectivity index (χ1n) is 14.7. The van der Waals surface area contributed by atoms with Gasteiger partial charge in [0, 0.05) is 11.3 Å². The Labute approximate surface area is 238 Å². The van der Waals surface area contributed by atoms with Gasteiger partial charge in [0.2, 0.25) is 5.51 Å². The molecule has 0 unspecified atom stereocenters. The predicted molar refractivity (Wildman–Crippen MR) is 161 cm³/mol. The third kappa shape index (κ3) is 11.0. The van der Waals surface area contributed by atoms with E-state index in [2.05, 4.69) is 22.3 Å². The first-order chi connectivity index (χ1) is 19.1. The lowest BCUT2D eigenvalue weighted by Gasteiger charge is -2.15. The molecule has 3 rings (SSSR count). The van der Waals surface area contributed by atoms with Crippen molar-refractivity contribution in [3.63, 3.8) is 0 Å². The molecule has 0 fully saturated rings. The maximum absolute atomic E-state index is 13.2. The fraction of sp³-hybridized carbons (Fsp3) is 0.485. The quantitative estimate of drug-likeness (QED) is 0.0925. The monoisotopic (exact) mass is 549 g/mol. The molecule has 0 spiro atoms. The summed E-state index contributed by atoms with van der Waals surface area (Å²) in [6.07, 6.45) is 17.3. The lowest BCUT2D eigenvalue weighted by Crippen LogP contribution is -2.30. The molecular formula is C33H45N2O3S+. The van der Waals surface area contributed by atoms with Gasteiger partial charge in [0.15, 0.2) is 18.5 Å². The number of ketones is 1. The fourth-order valence-electron chi connectivity index (χ4n) is 4.72. The van der Waals surface area contributed by atoms with Crippen LogP contribution in [0, 0.1) is 0 Å². The Morgan fingerprint density at radius 1 is 0.821 bits per heavy atom. The van der Waals surface area contributed by atoms with Gasteiger partial charge in [-0.05, 0) is 37.6 Å². The molecule has 0 aliphatic heterocycles. The largest absolute Gasteiger partial charge is 0.492 e. The molecule has 2 aromatic carbocycles. The van der Waals surface area contributed by atoms with Crippen molar-refractivity contribution in [2.75, 3.05) is 11.9 Å². The summed E-state index contributed by atoms with van der Waals surface area (Å²) in [5, 5.41) is 5.01. The Bertz CT molecular complexity index is 1130. The van der Waals surface area contributed by atoms with Crippen LogP contribution in [-0.4, -0.2) is 18.3 Å². The zero-order chi connectivity index (χ0) is 27.7. The van der Waals surface area contributed by atoms with Gasteiger partial charge in [-0.1, -0.05) is 107 Å². The predicted octanol–water partition coefficient (Wildman–Crippen LogP) is 8.62. The van der Waals surface area contributed by atoms with Gasteiger partial charge in [0.05, 0.1) is 23.1 Å². The van der Waals surface area contributed by atoms with Crippen LogP contribution in [-0.2, 0) is 6.54 Å². The van der Waals surface area contributed by atoms with Crippen LogP contribution in [0.4, 0.5) is 5.69 Å². The summed E-state index contributed by atoms with van der Waals surface area (Å²) in [5.41, 5.74) is 4.76. The van der Waals surface area contributed by atoms with Crippen molar-refractivity contribution in [2.45, 2.75) is 97.4 Å². The minimum Gasteiger partial charge on any atom is -0.492 e. The number of Topliss-reactive ketones (excluding diaryl/α,β-unsaturated/α-hetero) is 1. The molecule has 5 nitrogen and oxygen atoms in total. The van der Waals surface area contributed by atoms with Crippen LogP contribution in [0.15, 0.2) is 59.6 Å². The van der Waals surface area contributed by atoms with E-state index in [4.69, 9.17) is 4.74 Å². The molecule has 6 heteroatoms. The zero-order valence-electron chi connectivity index (χ0n) is 23.8. The molecule has 1 heterocycles. The van der Waals surface area contributed by atoms with Crippen LogP contribution < -0.4 is 14.6 Å². The van der Waals surface area contributed by atoms with Gasteiger partial charge in [-0.3, -0.25) is 9.59 Å². The summed E-state index contributed by atoms with van der Waals surface area (Å²) in [5.74, 6) is 0.00318. The molecular weight excluding hydrogens is 504 g/mol. The number of para-hydroxylation sites is 1. The molecule has 0 saturated heterocycles. The standard InChI is InChI=1S/C33H44N2O3S/c1-3-4-5-6-7-8-9-10-11-12-13-14-23-38-32-30(27(2)36)16-15-17-31(32)33(37)34-29-20-18-28(19-21-29)25-35-22-24-39-26-35/h15-22,24,26H,3-14,23,25H2,1-2H3/p+1. The van der Waals surface area contributed by atoms with E-state index >= 15 is 0 Å². The van der Waals surface area contributed by atoms with Gasteiger partial charge in [-0.2, -0.15) is 4.57 Å². The van der Waals surface area contributed by atoms with Crippen molar-refractivity contribution < 1.29 is 18.9 Å². The minimum absolute atomic E-state index is 0.107. The highest BCUT2D eigenvalue weighted by atomic mass is 32.1. The molecule has 0 aliphatic carbocycles. The van der Waals surface area contributed by atoms with Crippen LogP contribution in [0.5, 0.6) is 5.75 Å². The van der Waals surface area contributed by atoms with Crippen LogP contribution in [0.3, 0.4) is 0 Å². The Morgan fingerprint density at radius 2 is 1.44 bits per heavy atom. The highest BCUT2D eigenvalue weighted by molar-refractivity contribution is 7.07. The molecule has 1 amide bonds. The van der Waals surface area contributed by atoms with E-state index in [0.29, 0.717) is 29.2 Å². The van der Waals surface area contributed by atoms with E-state index in [-0.39, 0.29) is 11.7 Å². The summed E-state index contributed by atoms with van der Waals surface area (Å²) in [4.78, 5) is 25.5. The van der Waals surface area contributed by atoms with Crippen LogP contribution >= 0.6 is 11.3 Å². The summed E-state index contributed by atoms with van der Waals surface area (Å²) in [7, 11) is 0. The van der Waals surface area contributed by atoms with Gasteiger partial charge in [0.25, 0.3) is 5.91 Å². The number of unbranched alkanes of at least 4 members (excludes halogenated alkanes) is 11. The van der Waals surface area contributed by atoms with Crippen LogP contribution in [0.1, 0.15) is 117 Å². The molecule has 1 N–H and O–H groups in total. The SMILES string of the molecule is CCCCCCCCCCCCCCOc1c(C(C)=O)cccc1C(=O)Nc1ccc(C[n+]2ccsc2)cc1. The second-order valence-electron chi connectivity index (χ2n) is 10.3. The number of hydrogen-bond acceptors (Lipinski definition) is 4. The number of nitrogens with zero attached hydrogens (tertiary/aromatic N) is 1. The molecule has 3 aromatic rings. The number of amides is 1. The third-order valence-corrected chi connectivity index (χ3v) is 7.66. The maximum atomic E-state index is 13.2. The van der Waals surface area contributed by atoms with Gasteiger partial charge in [-0.15, -0.1) is 0 Å². The maximum Gasteiger partial charge on any atom is 0.259 e. The number of ether oxygens (including phenoxy) is 1. The lowest BCUT2D eigenvalue weighted by molar-refractivity contribution is -0.683. The van der Waals surface area contributed by atoms with Gasteiger partial charge in [-0.25, -0.2) is 0 Å². The van der Waals surface area contributed by atoms with Crippen molar-refractivity contribution in [1.29, 1.82) is 0 Å². The number of benzene rings is 2. The molecule has 39 heavy (non-hydrogen) atoms. The van der Waals surface area contributed by atoms with E-state index in [9.17, 15) is 9.59 Å². The van der Waals surface area contributed by atoms with Gasteiger partial charge < -0.3 is 10.1 Å². The lowest BCUT2D eigenvalue weighted by atomic mass is 10.0. The molecule has 0 saturated carbocycles. The molecule has 0 atom stereocenters. The topological polar surface area (TPSA) is 59.3 Å². The average molecular weight is 550 g/mol. The number of carbonyl (C=O) groups is 2. The second kappa shape index (κ2) is 17.6. The van der Waals surface area contributed by atoms with Crippen molar-refractivity contribution >= 4 is 28.7 Å². The Balaban J connectivity index is 1.45. The van der Waals surface area contributed by atoms with E-state index < -0.39 is 0 Å². The third-order valence-electron chi connectivity index (χ3n) is 6.99. The summed E-state index contributed by atoms with van der Waals surface area (Å²) in [6, 6.07) is 13.0. The van der Waals surface area contributed by atoms with Crippen LogP contribution in [0.25, 0.3) is 0 Å². The van der Waals surface area contributed by atoms with Crippen molar-refractivity contribution in [2.24, 2.45) is 0 Å². The number of rotatable bonds is 19. The first kappa shape index (κ1) is 30.6. The van der Waals surface area contributed by atoms with E-state index in [1.54, 1.807) is 29.5 Å². The number of thiazole rings is 1. The number of nitrogens with one attached hydrogen (secondary N) is 1. The highest BCUT2D eigenvalue weighted by Crippen LogP contribution is 2.26. The van der Waals surface area contributed by atoms with Crippen molar-refractivity contribution in [3.8, 4) is 5.75 Å². The van der Waals surface area contributed by atoms with E-state index in [1.165, 1.54) is 71.1 Å². The highest BCUT2D eigenvalue weighted by Gasteiger charge is 2.19. The number of carbonyl (C=O) groups excluding carboxylic acids is 2. The van der Waals surface area contributed by atoms with Crippen molar-refractivity contribution in [3.05, 3.63) is 76.2 Å². The van der Waals surface area contributed by atoms with E-state index in [0.717, 1.165) is 24.9 Å². The number of aromatic nitrogens is 1.